The maximum absolute atomic E-state index is 12.3. The van der Waals surface area contributed by atoms with E-state index in [-0.39, 0.29) is 11.8 Å². The highest BCUT2D eigenvalue weighted by atomic mass is 32.2. The third-order valence-electron chi connectivity index (χ3n) is 3.95. The van der Waals surface area contributed by atoms with Crippen LogP contribution in [0.15, 0.2) is 24.3 Å². The second-order valence-corrected chi connectivity index (χ2v) is 6.37. The molecule has 0 heterocycles. The predicted octanol–water partition coefficient (Wildman–Crippen LogP) is 3.05. The van der Waals surface area contributed by atoms with Gasteiger partial charge in [-0.25, -0.2) is 4.79 Å². The summed E-state index contributed by atoms with van der Waals surface area (Å²) in [4.78, 5) is 24.2. The van der Waals surface area contributed by atoms with Crippen LogP contribution in [0.25, 0.3) is 0 Å². The zero-order chi connectivity index (χ0) is 16.8. The molecule has 0 aliphatic rings. The third-order valence-corrected chi connectivity index (χ3v) is 4.78. The molecule has 4 nitrogen and oxygen atoms in total. The number of carbonyl (C=O) groups excluding carboxylic acids is 1. The molecule has 0 aliphatic heterocycles. The molecule has 0 bridgehead atoms. The summed E-state index contributed by atoms with van der Waals surface area (Å²) in [6.07, 6.45) is 3.12. The summed E-state index contributed by atoms with van der Waals surface area (Å²) >= 11 is 1.57. The number of carboxylic acids is 1. The number of benzene rings is 1. The minimum atomic E-state index is -1.37. The van der Waals surface area contributed by atoms with Crippen LogP contribution in [0.2, 0.25) is 0 Å². The maximum Gasteiger partial charge on any atom is 0.334 e. The Labute approximate surface area is 136 Å². The number of amides is 1. The van der Waals surface area contributed by atoms with Crippen molar-refractivity contribution in [2.75, 3.05) is 12.0 Å². The lowest BCUT2D eigenvalue weighted by molar-refractivity contribution is -0.149. The van der Waals surface area contributed by atoms with Crippen LogP contribution >= 0.6 is 11.8 Å². The van der Waals surface area contributed by atoms with E-state index in [0.717, 1.165) is 12.0 Å². The average molecular weight is 323 g/mol. The number of thioether (sulfide) groups is 1. The number of aliphatic carboxylic acids is 1. The zero-order valence-corrected chi connectivity index (χ0v) is 14.5. The van der Waals surface area contributed by atoms with Gasteiger partial charge >= 0.3 is 5.97 Å². The van der Waals surface area contributed by atoms with Crippen molar-refractivity contribution in [3.63, 3.8) is 0 Å². The van der Waals surface area contributed by atoms with E-state index in [4.69, 9.17) is 0 Å². The topological polar surface area (TPSA) is 66.4 Å². The molecular weight excluding hydrogens is 298 g/mol. The predicted molar refractivity (Wildman–Crippen MR) is 91.1 cm³/mol. The minimum absolute atomic E-state index is 0.224. The van der Waals surface area contributed by atoms with Gasteiger partial charge in [0.2, 0.25) is 5.91 Å². The van der Waals surface area contributed by atoms with Crippen molar-refractivity contribution in [1.29, 1.82) is 0 Å². The molecule has 0 aliphatic carbocycles. The molecule has 1 aromatic rings. The SMILES string of the molecule is CCc1ccc(C(CC)(NC(=O)C(C)CSC)C(=O)O)cc1. The Morgan fingerprint density at radius 1 is 1.27 bits per heavy atom. The molecule has 0 radical (unpaired) electrons. The fourth-order valence-electron chi connectivity index (χ4n) is 2.38. The maximum atomic E-state index is 12.3. The van der Waals surface area contributed by atoms with E-state index in [1.807, 2.05) is 32.2 Å². The summed E-state index contributed by atoms with van der Waals surface area (Å²) in [5, 5.41) is 12.5. The summed E-state index contributed by atoms with van der Waals surface area (Å²) in [6, 6.07) is 7.44. The molecule has 1 amide bonds. The van der Waals surface area contributed by atoms with Crippen molar-refractivity contribution in [2.45, 2.75) is 39.2 Å². The van der Waals surface area contributed by atoms with Gasteiger partial charge in [0.25, 0.3) is 0 Å². The Kier molecular flexibility index (Phi) is 6.94. The molecule has 0 fully saturated rings. The number of aryl methyl sites for hydroxylation is 1. The highest BCUT2D eigenvalue weighted by molar-refractivity contribution is 7.98. The van der Waals surface area contributed by atoms with E-state index in [1.165, 1.54) is 0 Å². The highest BCUT2D eigenvalue weighted by Crippen LogP contribution is 2.27. The van der Waals surface area contributed by atoms with Crippen LogP contribution in [-0.2, 0) is 21.5 Å². The van der Waals surface area contributed by atoms with E-state index in [2.05, 4.69) is 5.32 Å². The van der Waals surface area contributed by atoms with Crippen LogP contribution in [0, 0.1) is 5.92 Å². The van der Waals surface area contributed by atoms with Gasteiger partial charge < -0.3 is 10.4 Å². The molecule has 0 aromatic heterocycles. The summed E-state index contributed by atoms with van der Waals surface area (Å²) in [5.41, 5.74) is 0.390. The quantitative estimate of drug-likeness (QED) is 0.771. The highest BCUT2D eigenvalue weighted by Gasteiger charge is 2.40. The van der Waals surface area contributed by atoms with E-state index in [0.29, 0.717) is 17.7 Å². The molecule has 2 N–H and O–H groups in total. The molecule has 0 saturated heterocycles. The van der Waals surface area contributed by atoms with E-state index >= 15 is 0 Å². The molecule has 0 spiro atoms. The lowest BCUT2D eigenvalue weighted by atomic mass is 9.86. The molecule has 1 aromatic carbocycles. The van der Waals surface area contributed by atoms with Crippen molar-refractivity contribution in [1.82, 2.24) is 5.32 Å². The summed E-state index contributed by atoms with van der Waals surface area (Å²) in [7, 11) is 0. The van der Waals surface area contributed by atoms with Crippen LogP contribution in [0.1, 0.15) is 38.3 Å². The van der Waals surface area contributed by atoms with Gasteiger partial charge in [0.1, 0.15) is 0 Å². The molecule has 1 rings (SSSR count). The number of hydrogen-bond donors (Lipinski definition) is 2. The molecule has 22 heavy (non-hydrogen) atoms. The molecule has 5 heteroatoms. The van der Waals surface area contributed by atoms with Gasteiger partial charge in [0, 0.05) is 11.7 Å². The second-order valence-electron chi connectivity index (χ2n) is 5.46. The Hall–Kier alpha value is -1.49. The van der Waals surface area contributed by atoms with E-state index in [9.17, 15) is 14.7 Å². The fraction of sp³-hybridized carbons (Fsp3) is 0.529. The van der Waals surface area contributed by atoms with Crippen molar-refractivity contribution in [3.8, 4) is 0 Å². The number of nitrogens with one attached hydrogen (secondary N) is 1. The standard InChI is InChI=1S/C17H25NO3S/c1-5-13-7-9-14(10-8-13)17(6-2,16(20)21)18-15(19)12(3)11-22-4/h7-10,12H,5-6,11H2,1-4H3,(H,18,19)(H,20,21). The smallest absolute Gasteiger partial charge is 0.334 e. The first kappa shape index (κ1) is 18.6. The molecular formula is C17H25NO3S. The van der Waals surface area contributed by atoms with Crippen molar-refractivity contribution < 1.29 is 14.7 Å². The molecule has 2 unspecified atom stereocenters. The van der Waals surface area contributed by atoms with Crippen molar-refractivity contribution >= 4 is 23.6 Å². The first-order valence-electron chi connectivity index (χ1n) is 7.55. The molecule has 2 atom stereocenters. The summed E-state index contributed by atoms with van der Waals surface area (Å²) < 4.78 is 0. The largest absolute Gasteiger partial charge is 0.479 e. The van der Waals surface area contributed by atoms with Gasteiger partial charge in [-0.3, -0.25) is 4.79 Å². The molecule has 122 valence electrons. The fourth-order valence-corrected chi connectivity index (χ4v) is 3.03. The third kappa shape index (κ3) is 4.03. The van der Waals surface area contributed by atoms with Gasteiger partial charge in [0.15, 0.2) is 5.54 Å². The first-order chi connectivity index (χ1) is 10.4. The monoisotopic (exact) mass is 323 g/mol. The van der Waals surface area contributed by atoms with Crippen LogP contribution in [0.5, 0.6) is 0 Å². The Balaban J connectivity index is 3.13. The van der Waals surface area contributed by atoms with Gasteiger partial charge in [0.05, 0.1) is 0 Å². The summed E-state index contributed by atoms with van der Waals surface area (Å²) in [5.74, 6) is -0.808. The number of rotatable bonds is 8. The van der Waals surface area contributed by atoms with Gasteiger partial charge in [-0.1, -0.05) is 45.0 Å². The lowest BCUT2D eigenvalue weighted by Gasteiger charge is -2.31. The van der Waals surface area contributed by atoms with Crippen LogP contribution in [0.3, 0.4) is 0 Å². The number of carbonyl (C=O) groups is 2. The number of hydrogen-bond acceptors (Lipinski definition) is 3. The van der Waals surface area contributed by atoms with Crippen LogP contribution in [0.4, 0.5) is 0 Å². The first-order valence-corrected chi connectivity index (χ1v) is 8.94. The van der Waals surface area contributed by atoms with Gasteiger partial charge in [-0.05, 0) is 30.2 Å². The average Bonchev–Trinajstić information content (AvgIpc) is 2.52. The Morgan fingerprint density at radius 3 is 2.27 bits per heavy atom. The minimum Gasteiger partial charge on any atom is -0.479 e. The van der Waals surface area contributed by atoms with Gasteiger partial charge in [-0.15, -0.1) is 0 Å². The van der Waals surface area contributed by atoms with Crippen LogP contribution in [-0.4, -0.2) is 29.0 Å². The second kappa shape index (κ2) is 8.22. The van der Waals surface area contributed by atoms with Gasteiger partial charge in [-0.2, -0.15) is 11.8 Å². The summed E-state index contributed by atoms with van der Waals surface area (Å²) in [6.45, 7) is 5.64. The van der Waals surface area contributed by atoms with Crippen LogP contribution < -0.4 is 5.32 Å². The van der Waals surface area contributed by atoms with E-state index < -0.39 is 11.5 Å². The normalized spacial score (nSPS) is 14.9. The Bertz CT molecular complexity index is 515. The Morgan fingerprint density at radius 2 is 1.86 bits per heavy atom. The lowest BCUT2D eigenvalue weighted by Crippen LogP contribution is -2.53. The zero-order valence-electron chi connectivity index (χ0n) is 13.7. The number of carboxylic acid groups (broad SMARTS) is 1. The van der Waals surface area contributed by atoms with Crippen molar-refractivity contribution in [3.05, 3.63) is 35.4 Å². The van der Waals surface area contributed by atoms with E-state index in [1.54, 1.807) is 30.8 Å². The molecule has 0 saturated carbocycles. The van der Waals surface area contributed by atoms with Crippen molar-refractivity contribution in [2.24, 2.45) is 5.92 Å².